The van der Waals surface area contributed by atoms with Crippen LogP contribution >= 0.6 is 0 Å². The van der Waals surface area contributed by atoms with E-state index in [0.717, 1.165) is 5.69 Å². The Morgan fingerprint density at radius 1 is 1.42 bits per heavy atom. The van der Waals surface area contributed by atoms with Crippen LogP contribution in [0.5, 0.6) is 0 Å². The van der Waals surface area contributed by atoms with Crippen molar-refractivity contribution in [3.05, 3.63) is 30.1 Å². The number of benzene rings is 1. The van der Waals surface area contributed by atoms with Gasteiger partial charge in [0.1, 0.15) is 11.4 Å². The van der Waals surface area contributed by atoms with Crippen molar-refractivity contribution in [3.63, 3.8) is 0 Å². The molecule has 5 heteroatoms. The van der Waals surface area contributed by atoms with Crippen molar-refractivity contribution in [1.29, 1.82) is 0 Å². The van der Waals surface area contributed by atoms with Gasteiger partial charge in [-0.15, -0.1) is 0 Å². The molecular formula is C14H21FN2O2. The Hall–Kier alpha value is -1.62. The van der Waals surface area contributed by atoms with E-state index in [1.165, 1.54) is 19.2 Å². The van der Waals surface area contributed by atoms with E-state index in [1.807, 2.05) is 11.8 Å². The van der Waals surface area contributed by atoms with E-state index in [2.05, 4.69) is 5.32 Å². The third-order valence-corrected chi connectivity index (χ3v) is 3.27. The van der Waals surface area contributed by atoms with Crippen LogP contribution in [0.2, 0.25) is 0 Å². The van der Waals surface area contributed by atoms with Gasteiger partial charge in [-0.25, -0.2) is 9.18 Å². The Labute approximate surface area is 113 Å². The van der Waals surface area contributed by atoms with Crippen LogP contribution in [0.25, 0.3) is 0 Å². The van der Waals surface area contributed by atoms with Gasteiger partial charge in [0, 0.05) is 18.8 Å². The normalized spacial score (nSPS) is 13.7. The first-order valence-corrected chi connectivity index (χ1v) is 6.24. The van der Waals surface area contributed by atoms with Crippen LogP contribution in [0, 0.1) is 5.82 Å². The first kappa shape index (κ1) is 15.4. The Bertz CT molecular complexity index is 422. The van der Waals surface area contributed by atoms with Gasteiger partial charge in [0.15, 0.2) is 0 Å². The monoisotopic (exact) mass is 268 g/mol. The fourth-order valence-corrected chi connectivity index (χ4v) is 1.89. The van der Waals surface area contributed by atoms with Crippen LogP contribution in [0.1, 0.15) is 13.8 Å². The summed E-state index contributed by atoms with van der Waals surface area (Å²) in [4.78, 5) is 13.8. The molecule has 19 heavy (non-hydrogen) atoms. The highest BCUT2D eigenvalue weighted by Gasteiger charge is 2.34. The fourth-order valence-electron chi connectivity index (χ4n) is 1.89. The molecule has 1 unspecified atom stereocenters. The van der Waals surface area contributed by atoms with Gasteiger partial charge < -0.3 is 15.0 Å². The average molecular weight is 268 g/mol. The Morgan fingerprint density at radius 3 is 2.42 bits per heavy atom. The zero-order chi connectivity index (χ0) is 14.5. The summed E-state index contributed by atoms with van der Waals surface area (Å²) in [6.45, 7) is 4.92. The Morgan fingerprint density at radius 2 is 2.00 bits per heavy atom. The summed E-state index contributed by atoms with van der Waals surface area (Å²) in [5.74, 6) is -0.597. The second-order valence-corrected chi connectivity index (χ2v) is 4.56. The van der Waals surface area contributed by atoms with E-state index < -0.39 is 5.54 Å². The molecule has 0 aliphatic rings. The number of nitrogens with zero attached hydrogens (tertiary/aromatic N) is 1. The molecule has 0 saturated heterocycles. The summed E-state index contributed by atoms with van der Waals surface area (Å²) < 4.78 is 17.8. The van der Waals surface area contributed by atoms with Crippen LogP contribution < -0.4 is 10.2 Å². The van der Waals surface area contributed by atoms with Crippen molar-refractivity contribution in [2.45, 2.75) is 19.4 Å². The maximum atomic E-state index is 12.9. The number of ether oxygens (including phenoxy) is 1. The summed E-state index contributed by atoms with van der Waals surface area (Å²) in [6, 6.07) is 6.22. The summed E-state index contributed by atoms with van der Waals surface area (Å²) in [5.41, 5.74) is 0.0633. The van der Waals surface area contributed by atoms with Crippen LogP contribution in [-0.4, -0.2) is 38.8 Å². The quantitative estimate of drug-likeness (QED) is 0.799. The van der Waals surface area contributed by atoms with E-state index in [1.54, 1.807) is 26.1 Å². The highest BCUT2D eigenvalue weighted by atomic mass is 19.1. The minimum absolute atomic E-state index is 0.274. The molecule has 0 aliphatic heterocycles. The minimum Gasteiger partial charge on any atom is -0.468 e. The van der Waals surface area contributed by atoms with E-state index in [0.29, 0.717) is 13.1 Å². The van der Waals surface area contributed by atoms with Gasteiger partial charge in [-0.05, 0) is 45.2 Å². The van der Waals surface area contributed by atoms with E-state index in [4.69, 9.17) is 4.74 Å². The Kier molecular flexibility index (Phi) is 5.30. The number of carbonyl (C=O) groups excluding carboxylic acids is 1. The van der Waals surface area contributed by atoms with Crippen molar-refractivity contribution in [2.24, 2.45) is 0 Å². The van der Waals surface area contributed by atoms with Crippen molar-refractivity contribution >= 4 is 11.7 Å². The summed E-state index contributed by atoms with van der Waals surface area (Å²) >= 11 is 0. The first-order chi connectivity index (χ1) is 8.96. The number of nitrogens with one attached hydrogen (secondary N) is 1. The number of rotatable bonds is 6. The largest absolute Gasteiger partial charge is 0.468 e. The first-order valence-electron chi connectivity index (χ1n) is 6.24. The Balaban J connectivity index is 2.92. The maximum Gasteiger partial charge on any atom is 0.327 e. The molecule has 1 aromatic rings. The molecule has 1 rings (SSSR count). The van der Waals surface area contributed by atoms with Gasteiger partial charge in [0.05, 0.1) is 7.11 Å². The topological polar surface area (TPSA) is 41.6 Å². The van der Waals surface area contributed by atoms with Crippen LogP contribution in [0.3, 0.4) is 0 Å². The average Bonchev–Trinajstić information content (AvgIpc) is 2.44. The van der Waals surface area contributed by atoms with Gasteiger partial charge in [-0.1, -0.05) is 0 Å². The fraction of sp³-hybridized carbons (Fsp3) is 0.500. The number of anilines is 1. The lowest BCUT2D eigenvalue weighted by atomic mass is 10.0. The van der Waals surface area contributed by atoms with Gasteiger partial charge in [-0.3, -0.25) is 0 Å². The van der Waals surface area contributed by atoms with Crippen LogP contribution in [0.4, 0.5) is 10.1 Å². The molecule has 0 radical (unpaired) electrons. The number of hydrogen-bond acceptors (Lipinski definition) is 4. The molecule has 0 fully saturated rings. The zero-order valence-corrected chi connectivity index (χ0v) is 11.9. The van der Waals surface area contributed by atoms with E-state index in [9.17, 15) is 9.18 Å². The molecule has 1 aromatic carbocycles. The second-order valence-electron chi connectivity index (χ2n) is 4.56. The third-order valence-electron chi connectivity index (χ3n) is 3.27. The molecule has 0 aromatic heterocycles. The number of halogens is 1. The lowest BCUT2D eigenvalue weighted by Crippen LogP contribution is -2.56. The number of hydrogen-bond donors (Lipinski definition) is 1. The predicted octanol–water partition coefficient (Wildman–Crippen LogP) is 1.80. The summed E-state index contributed by atoms with van der Waals surface area (Å²) in [7, 11) is 3.08. The zero-order valence-electron chi connectivity index (χ0n) is 11.9. The van der Waals surface area contributed by atoms with Gasteiger partial charge in [0.25, 0.3) is 0 Å². The number of methoxy groups -OCH3 is 1. The van der Waals surface area contributed by atoms with Gasteiger partial charge in [0.2, 0.25) is 0 Å². The van der Waals surface area contributed by atoms with Crippen molar-refractivity contribution in [1.82, 2.24) is 5.32 Å². The predicted molar refractivity (Wildman–Crippen MR) is 73.8 cm³/mol. The van der Waals surface area contributed by atoms with E-state index in [-0.39, 0.29) is 11.8 Å². The maximum absolute atomic E-state index is 12.9. The van der Waals surface area contributed by atoms with Crippen molar-refractivity contribution in [2.75, 3.05) is 32.1 Å². The summed E-state index contributed by atoms with van der Waals surface area (Å²) in [5, 5.41) is 2.98. The molecular weight excluding hydrogens is 247 g/mol. The molecule has 0 bridgehead atoms. The number of esters is 1. The third kappa shape index (κ3) is 3.67. The molecule has 106 valence electrons. The smallest absolute Gasteiger partial charge is 0.327 e. The molecule has 0 spiro atoms. The number of likely N-dealkylation sites (N-methyl/N-ethyl adjacent to an activating group) is 2. The van der Waals surface area contributed by atoms with Gasteiger partial charge >= 0.3 is 5.97 Å². The lowest BCUT2D eigenvalue weighted by Gasteiger charge is -2.33. The SMILES string of the molecule is CCN(CC(C)(NC)C(=O)OC)c1ccc(F)cc1. The molecule has 0 saturated carbocycles. The van der Waals surface area contributed by atoms with E-state index >= 15 is 0 Å². The van der Waals surface area contributed by atoms with Crippen LogP contribution in [0.15, 0.2) is 24.3 Å². The standard InChI is InChI=1S/C14H21FN2O2/c1-5-17(12-8-6-11(15)7-9-12)10-14(2,16-3)13(18)19-4/h6-9,16H,5,10H2,1-4H3. The molecule has 0 heterocycles. The summed E-state index contributed by atoms with van der Waals surface area (Å²) in [6.07, 6.45) is 0. The van der Waals surface area contributed by atoms with Crippen molar-refractivity contribution < 1.29 is 13.9 Å². The van der Waals surface area contributed by atoms with Gasteiger partial charge in [-0.2, -0.15) is 0 Å². The molecule has 0 aliphatic carbocycles. The molecule has 0 amide bonds. The molecule has 4 nitrogen and oxygen atoms in total. The highest BCUT2D eigenvalue weighted by Crippen LogP contribution is 2.18. The molecule has 1 atom stereocenters. The van der Waals surface area contributed by atoms with Crippen LogP contribution in [-0.2, 0) is 9.53 Å². The molecule has 1 N–H and O–H groups in total. The highest BCUT2D eigenvalue weighted by molar-refractivity contribution is 5.81. The minimum atomic E-state index is -0.806. The van der Waals surface area contributed by atoms with Crippen molar-refractivity contribution in [3.8, 4) is 0 Å². The second kappa shape index (κ2) is 6.52. The number of carbonyl (C=O) groups is 1. The lowest BCUT2D eigenvalue weighted by molar-refractivity contribution is -0.147.